The van der Waals surface area contributed by atoms with E-state index in [9.17, 15) is 19.7 Å². The van der Waals surface area contributed by atoms with Crippen LogP contribution in [-0.2, 0) is 11.3 Å². The molecule has 0 aliphatic heterocycles. The first-order valence-corrected chi connectivity index (χ1v) is 10.6. The van der Waals surface area contributed by atoms with Gasteiger partial charge in [-0.1, -0.05) is 18.2 Å². The molecule has 0 fully saturated rings. The summed E-state index contributed by atoms with van der Waals surface area (Å²) in [5, 5.41) is 19.3. The van der Waals surface area contributed by atoms with Crippen molar-refractivity contribution in [3.05, 3.63) is 80.7 Å². The second-order valence-electron chi connectivity index (χ2n) is 7.74. The maximum absolute atomic E-state index is 12.5. The third-order valence-electron chi connectivity index (χ3n) is 5.32. The number of hydrogen-bond acceptors (Lipinski definition) is 8. The van der Waals surface area contributed by atoms with Gasteiger partial charge in [0, 0.05) is 5.56 Å². The van der Waals surface area contributed by atoms with Gasteiger partial charge >= 0.3 is 11.7 Å². The highest BCUT2D eigenvalue weighted by Gasteiger charge is 2.22. The van der Waals surface area contributed by atoms with Crippen LogP contribution in [0.2, 0.25) is 0 Å². The quantitative estimate of drug-likeness (QED) is 0.172. The zero-order valence-corrected chi connectivity index (χ0v) is 20.0. The predicted molar refractivity (Wildman–Crippen MR) is 128 cm³/mol. The minimum Gasteiger partial charge on any atom is -0.493 e. The van der Waals surface area contributed by atoms with Crippen LogP contribution >= 0.6 is 0 Å². The number of aryl methyl sites for hydroxylation is 2. The molecule has 3 rings (SSSR count). The van der Waals surface area contributed by atoms with Crippen molar-refractivity contribution in [3.63, 3.8) is 0 Å². The van der Waals surface area contributed by atoms with Gasteiger partial charge in [-0.3, -0.25) is 19.6 Å². The fraction of sp³-hybridized carbons (Fsp3) is 0.250. The minimum absolute atomic E-state index is 0.118. The van der Waals surface area contributed by atoms with Gasteiger partial charge in [-0.25, -0.2) is 10.2 Å². The van der Waals surface area contributed by atoms with Crippen molar-refractivity contribution in [2.24, 2.45) is 5.10 Å². The molecule has 11 nitrogen and oxygen atoms in total. The lowest BCUT2D eigenvalue weighted by atomic mass is 10.1. The first-order valence-electron chi connectivity index (χ1n) is 10.6. The van der Waals surface area contributed by atoms with Crippen LogP contribution in [0.25, 0.3) is 0 Å². The Kier molecular flexibility index (Phi) is 7.59. The van der Waals surface area contributed by atoms with Crippen molar-refractivity contribution in [2.45, 2.75) is 34.2 Å². The zero-order valence-electron chi connectivity index (χ0n) is 20.0. The SMILES string of the molecule is COc1cc(/C(C)=N/NC(=O)Cn2nc(C)c([N+](=O)[O-])c2C)ccc1OC(=O)c1ccccc1C. The number of carbonyl (C=O) groups is 2. The highest BCUT2D eigenvalue weighted by Crippen LogP contribution is 2.29. The summed E-state index contributed by atoms with van der Waals surface area (Å²) in [6, 6.07) is 12.0. The maximum Gasteiger partial charge on any atom is 0.343 e. The minimum atomic E-state index is -0.524. The Hall–Kier alpha value is -4.54. The van der Waals surface area contributed by atoms with Crippen molar-refractivity contribution in [1.29, 1.82) is 0 Å². The molecule has 0 spiro atoms. The summed E-state index contributed by atoms with van der Waals surface area (Å²) in [7, 11) is 1.45. The van der Waals surface area contributed by atoms with Gasteiger partial charge in [0.1, 0.15) is 17.9 Å². The highest BCUT2D eigenvalue weighted by atomic mass is 16.6. The summed E-state index contributed by atoms with van der Waals surface area (Å²) in [4.78, 5) is 35.5. The second-order valence-corrected chi connectivity index (χ2v) is 7.74. The van der Waals surface area contributed by atoms with E-state index in [0.717, 1.165) is 5.56 Å². The van der Waals surface area contributed by atoms with E-state index in [1.807, 2.05) is 19.1 Å². The predicted octanol–water partition coefficient (Wildman–Crippen LogP) is 3.48. The van der Waals surface area contributed by atoms with E-state index in [4.69, 9.17) is 9.47 Å². The van der Waals surface area contributed by atoms with Crippen molar-refractivity contribution in [1.82, 2.24) is 15.2 Å². The lowest BCUT2D eigenvalue weighted by molar-refractivity contribution is -0.386. The molecule has 0 aliphatic carbocycles. The number of nitro groups is 1. The van der Waals surface area contributed by atoms with E-state index in [0.29, 0.717) is 22.6 Å². The molecule has 0 unspecified atom stereocenters. The Bertz CT molecular complexity index is 1330. The average Bonchev–Trinajstić information content (AvgIpc) is 3.10. The largest absolute Gasteiger partial charge is 0.493 e. The third-order valence-corrected chi connectivity index (χ3v) is 5.32. The van der Waals surface area contributed by atoms with Crippen LogP contribution in [0.4, 0.5) is 5.69 Å². The summed E-state index contributed by atoms with van der Waals surface area (Å²) >= 11 is 0. The molecule has 2 aromatic carbocycles. The third kappa shape index (κ3) is 5.69. The first kappa shape index (κ1) is 25.1. The number of carbonyl (C=O) groups excluding carboxylic acids is 2. The van der Waals surface area contributed by atoms with Crippen LogP contribution in [0.3, 0.4) is 0 Å². The van der Waals surface area contributed by atoms with Crippen LogP contribution in [0.15, 0.2) is 47.6 Å². The number of aromatic nitrogens is 2. The van der Waals surface area contributed by atoms with Gasteiger partial charge in [0.2, 0.25) is 0 Å². The standard InChI is InChI=1S/C24H25N5O6/c1-14-8-6-7-9-19(14)24(31)35-20-11-10-18(12-21(20)34-5)15(2)25-26-22(30)13-28-17(4)23(29(32)33)16(3)27-28/h6-12H,13H2,1-5H3,(H,26,30)/b25-15+. The van der Waals surface area contributed by atoms with Gasteiger partial charge in [0.25, 0.3) is 5.91 Å². The Morgan fingerprint density at radius 2 is 1.86 bits per heavy atom. The number of amides is 1. The van der Waals surface area contributed by atoms with E-state index in [2.05, 4.69) is 15.6 Å². The second kappa shape index (κ2) is 10.6. The number of methoxy groups -OCH3 is 1. The number of esters is 1. The van der Waals surface area contributed by atoms with E-state index in [1.165, 1.54) is 25.6 Å². The van der Waals surface area contributed by atoms with E-state index in [-0.39, 0.29) is 29.4 Å². The van der Waals surface area contributed by atoms with Crippen molar-refractivity contribution < 1.29 is 24.0 Å². The molecule has 35 heavy (non-hydrogen) atoms. The molecule has 0 radical (unpaired) electrons. The van der Waals surface area contributed by atoms with Crippen LogP contribution in [0.5, 0.6) is 11.5 Å². The van der Waals surface area contributed by atoms with Crippen LogP contribution in [0.1, 0.15) is 39.8 Å². The number of rotatable bonds is 8. The fourth-order valence-electron chi connectivity index (χ4n) is 3.42. The van der Waals surface area contributed by atoms with Crippen LogP contribution < -0.4 is 14.9 Å². The summed E-state index contributed by atoms with van der Waals surface area (Å²) < 4.78 is 12.1. The molecule has 0 saturated heterocycles. The number of hydrazone groups is 1. The average molecular weight is 479 g/mol. The van der Waals surface area contributed by atoms with Crippen LogP contribution in [-0.4, -0.2) is 39.4 Å². The van der Waals surface area contributed by atoms with Gasteiger partial charge in [-0.2, -0.15) is 10.2 Å². The van der Waals surface area contributed by atoms with E-state index >= 15 is 0 Å². The number of nitrogens with zero attached hydrogens (tertiary/aromatic N) is 4. The molecule has 1 aromatic heterocycles. The summed E-state index contributed by atoms with van der Waals surface area (Å²) in [6.45, 7) is 6.31. The molecule has 0 saturated carbocycles. The maximum atomic E-state index is 12.5. The van der Waals surface area contributed by atoms with Crippen molar-refractivity contribution >= 4 is 23.3 Å². The van der Waals surface area contributed by atoms with Gasteiger partial charge in [-0.05, 0) is 57.5 Å². The van der Waals surface area contributed by atoms with Gasteiger partial charge in [-0.15, -0.1) is 0 Å². The molecule has 1 amide bonds. The zero-order chi connectivity index (χ0) is 25.7. The highest BCUT2D eigenvalue weighted by molar-refractivity contribution is 6.00. The Labute approximate surface area is 201 Å². The van der Waals surface area contributed by atoms with Crippen LogP contribution in [0, 0.1) is 30.9 Å². The molecule has 0 bridgehead atoms. The van der Waals surface area contributed by atoms with Gasteiger partial charge in [0.05, 0.1) is 23.3 Å². The molecular weight excluding hydrogens is 454 g/mol. The molecule has 11 heteroatoms. The van der Waals surface area contributed by atoms with Gasteiger partial charge < -0.3 is 9.47 Å². The Morgan fingerprint density at radius 3 is 2.49 bits per heavy atom. The molecular formula is C24H25N5O6. The molecule has 0 aliphatic rings. The molecule has 182 valence electrons. The number of benzene rings is 2. The van der Waals surface area contributed by atoms with E-state index in [1.54, 1.807) is 37.3 Å². The lowest BCUT2D eigenvalue weighted by Gasteiger charge is -2.12. The van der Waals surface area contributed by atoms with Crippen molar-refractivity contribution in [2.75, 3.05) is 7.11 Å². The first-order chi connectivity index (χ1) is 16.6. The molecule has 1 heterocycles. The smallest absolute Gasteiger partial charge is 0.343 e. The Balaban J connectivity index is 1.71. The summed E-state index contributed by atoms with van der Waals surface area (Å²) in [6.07, 6.45) is 0. The molecule has 0 atom stereocenters. The molecule has 1 N–H and O–H groups in total. The van der Waals surface area contributed by atoms with Gasteiger partial charge in [0.15, 0.2) is 11.5 Å². The Morgan fingerprint density at radius 1 is 1.14 bits per heavy atom. The number of nitrogens with one attached hydrogen (secondary N) is 1. The number of ether oxygens (including phenoxy) is 2. The molecule has 3 aromatic rings. The summed E-state index contributed by atoms with van der Waals surface area (Å²) in [5.41, 5.74) is 5.15. The lowest BCUT2D eigenvalue weighted by Crippen LogP contribution is -2.25. The fourth-order valence-corrected chi connectivity index (χ4v) is 3.42. The summed E-state index contributed by atoms with van der Waals surface area (Å²) in [5.74, 6) is -0.440. The topological polar surface area (TPSA) is 138 Å². The van der Waals surface area contributed by atoms with E-state index < -0.39 is 16.8 Å². The number of hydrogen-bond donors (Lipinski definition) is 1. The monoisotopic (exact) mass is 479 g/mol. The normalized spacial score (nSPS) is 11.2. The van der Waals surface area contributed by atoms with Crippen molar-refractivity contribution in [3.8, 4) is 11.5 Å².